The van der Waals surface area contributed by atoms with E-state index in [2.05, 4.69) is 10.3 Å². The molecule has 1 heterocycles. The smallest absolute Gasteiger partial charge is 0.335 e. The lowest BCUT2D eigenvalue weighted by Crippen LogP contribution is -2.26. The van der Waals surface area contributed by atoms with Crippen LogP contribution in [0.2, 0.25) is 0 Å². The number of nitrogens with one attached hydrogen (secondary N) is 1. The molecule has 0 aliphatic rings. The van der Waals surface area contributed by atoms with Gasteiger partial charge in [-0.05, 0) is 36.2 Å². The molecule has 0 unspecified atom stereocenters. The highest BCUT2D eigenvalue weighted by molar-refractivity contribution is 5.92. The lowest BCUT2D eigenvalue weighted by atomic mass is 10.1. The number of benzene rings is 1. The molecule has 1 amide bonds. The van der Waals surface area contributed by atoms with Crippen molar-refractivity contribution in [2.45, 2.75) is 6.42 Å². The van der Waals surface area contributed by atoms with Gasteiger partial charge in [-0.2, -0.15) is 4.39 Å². The van der Waals surface area contributed by atoms with Crippen molar-refractivity contribution in [3.8, 4) is 0 Å². The molecule has 0 saturated heterocycles. The Kier molecular flexibility index (Phi) is 4.61. The summed E-state index contributed by atoms with van der Waals surface area (Å²) in [4.78, 5) is 25.9. The predicted octanol–water partition coefficient (Wildman–Crippen LogP) is 1.89. The lowest BCUT2D eigenvalue weighted by molar-refractivity contribution is 0.0696. The van der Waals surface area contributed by atoms with E-state index in [1.165, 1.54) is 30.3 Å². The third-order valence-electron chi connectivity index (χ3n) is 2.85. The topological polar surface area (TPSA) is 79.3 Å². The third kappa shape index (κ3) is 4.10. The molecule has 2 aromatic rings. The fourth-order valence-corrected chi connectivity index (χ4v) is 1.76. The van der Waals surface area contributed by atoms with Crippen LogP contribution in [-0.4, -0.2) is 28.5 Å². The van der Waals surface area contributed by atoms with Crippen molar-refractivity contribution in [1.29, 1.82) is 0 Å². The molecular formula is C15H13FN2O3. The van der Waals surface area contributed by atoms with Crippen LogP contribution in [0.4, 0.5) is 4.39 Å². The van der Waals surface area contributed by atoms with Crippen LogP contribution in [0.25, 0.3) is 0 Å². The van der Waals surface area contributed by atoms with Crippen molar-refractivity contribution in [3.05, 3.63) is 65.2 Å². The maximum absolute atomic E-state index is 12.9. The van der Waals surface area contributed by atoms with Crippen molar-refractivity contribution in [2.75, 3.05) is 6.54 Å². The van der Waals surface area contributed by atoms with E-state index in [4.69, 9.17) is 5.11 Å². The number of aromatic nitrogens is 1. The Morgan fingerprint density at radius 3 is 2.48 bits per heavy atom. The lowest BCUT2D eigenvalue weighted by Gasteiger charge is -2.05. The molecule has 5 nitrogen and oxygen atoms in total. The maximum Gasteiger partial charge on any atom is 0.335 e. The van der Waals surface area contributed by atoms with Gasteiger partial charge in [0.15, 0.2) is 0 Å². The summed E-state index contributed by atoms with van der Waals surface area (Å²) in [6.07, 6.45) is 0.543. The zero-order valence-electron chi connectivity index (χ0n) is 11.0. The fraction of sp³-hybridized carbons (Fsp3) is 0.133. The number of nitrogens with zero attached hydrogens (tertiary/aromatic N) is 1. The quantitative estimate of drug-likeness (QED) is 0.823. The van der Waals surface area contributed by atoms with Crippen molar-refractivity contribution in [1.82, 2.24) is 10.3 Å². The van der Waals surface area contributed by atoms with Crippen LogP contribution < -0.4 is 5.32 Å². The first-order valence-electron chi connectivity index (χ1n) is 6.29. The van der Waals surface area contributed by atoms with Gasteiger partial charge < -0.3 is 10.4 Å². The Balaban J connectivity index is 1.86. The van der Waals surface area contributed by atoms with Crippen LogP contribution >= 0.6 is 0 Å². The summed E-state index contributed by atoms with van der Waals surface area (Å²) < 4.78 is 12.9. The van der Waals surface area contributed by atoms with Crippen LogP contribution in [0.3, 0.4) is 0 Å². The molecule has 0 aliphatic heterocycles. The number of pyridine rings is 1. The number of carbonyl (C=O) groups excluding carboxylic acids is 1. The molecule has 0 atom stereocenters. The maximum atomic E-state index is 12.9. The molecular weight excluding hydrogens is 275 g/mol. The van der Waals surface area contributed by atoms with Crippen molar-refractivity contribution in [2.24, 2.45) is 0 Å². The second-order valence-corrected chi connectivity index (χ2v) is 4.35. The Morgan fingerprint density at radius 1 is 1.14 bits per heavy atom. The minimum absolute atomic E-state index is 0.0243. The number of rotatable bonds is 5. The van der Waals surface area contributed by atoms with E-state index in [0.717, 1.165) is 5.56 Å². The summed E-state index contributed by atoms with van der Waals surface area (Å²) in [6, 6.07) is 10.4. The summed E-state index contributed by atoms with van der Waals surface area (Å²) in [5, 5.41) is 11.4. The van der Waals surface area contributed by atoms with Crippen LogP contribution in [0, 0.1) is 5.95 Å². The van der Waals surface area contributed by atoms with Crippen LogP contribution in [0.5, 0.6) is 0 Å². The first kappa shape index (κ1) is 14.6. The van der Waals surface area contributed by atoms with Crippen LogP contribution in [0.15, 0.2) is 42.5 Å². The second-order valence-electron chi connectivity index (χ2n) is 4.35. The molecule has 0 saturated carbocycles. The summed E-state index contributed by atoms with van der Waals surface area (Å²) in [5.74, 6) is -2.13. The average Bonchev–Trinajstić information content (AvgIpc) is 2.47. The average molecular weight is 288 g/mol. The van der Waals surface area contributed by atoms with Gasteiger partial charge in [0.05, 0.1) is 5.56 Å². The number of carboxylic acids is 1. The van der Waals surface area contributed by atoms with Gasteiger partial charge in [0.1, 0.15) is 5.69 Å². The summed E-state index contributed by atoms with van der Waals surface area (Å²) in [7, 11) is 0. The SMILES string of the molecule is O=C(O)c1ccc(CCNC(=O)c2cccc(F)n2)cc1. The number of aromatic carboxylic acids is 1. The highest BCUT2D eigenvalue weighted by Crippen LogP contribution is 2.05. The highest BCUT2D eigenvalue weighted by atomic mass is 19.1. The molecule has 0 spiro atoms. The molecule has 1 aromatic heterocycles. The zero-order chi connectivity index (χ0) is 15.2. The van der Waals surface area contributed by atoms with Gasteiger partial charge in [-0.3, -0.25) is 4.79 Å². The molecule has 21 heavy (non-hydrogen) atoms. The Bertz CT molecular complexity index is 656. The highest BCUT2D eigenvalue weighted by Gasteiger charge is 2.07. The minimum Gasteiger partial charge on any atom is -0.478 e. The summed E-state index contributed by atoms with van der Waals surface area (Å²) in [6.45, 7) is 0.351. The Hall–Kier alpha value is -2.76. The van der Waals surface area contributed by atoms with Crippen molar-refractivity contribution < 1.29 is 19.1 Å². The Labute approximate surface area is 120 Å². The van der Waals surface area contributed by atoms with Gasteiger partial charge in [-0.15, -0.1) is 0 Å². The largest absolute Gasteiger partial charge is 0.478 e. The van der Waals surface area contributed by atoms with Gasteiger partial charge in [-0.25, -0.2) is 9.78 Å². The van der Waals surface area contributed by atoms with E-state index >= 15 is 0 Å². The van der Waals surface area contributed by atoms with E-state index in [1.807, 2.05) is 0 Å². The molecule has 2 N–H and O–H groups in total. The second kappa shape index (κ2) is 6.60. The summed E-state index contributed by atoms with van der Waals surface area (Å²) >= 11 is 0. The molecule has 0 bridgehead atoms. The number of carboxylic acid groups (broad SMARTS) is 1. The van der Waals surface area contributed by atoms with Gasteiger partial charge >= 0.3 is 5.97 Å². The number of amides is 1. The normalized spacial score (nSPS) is 10.1. The fourth-order valence-electron chi connectivity index (χ4n) is 1.76. The molecule has 2 rings (SSSR count). The zero-order valence-corrected chi connectivity index (χ0v) is 11.0. The first-order chi connectivity index (χ1) is 10.1. The minimum atomic E-state index is -0.980. The molecule has 0 radical (unpaired) electrons. The van der Waals surface area contributed by atoms with Gasteiger partial charge in [0.2, 0.25) is 5.95 Å². The predicted molar refractivity (Wildman–Crippen MR) is 73.6 cm³/mol. The van der Waals surface area contributed by atoms with Crippen LogP contribution in [0.1, 0.15) is 26.4 Å². The number of halogens is 1. The van der Waals surface area contributed by atoms with Crippen molar-refractivity contribution in [3.63, 3.8) is 0 Å². The molecule has 108 valence electrons. The van der Waals surface area contributed by atoms with Gasteiger partial charge in [0.25, 0.3) is 5.91 Å². The van der Waals surface area contributed by atoms with E-state index < -0.39 is 17.8 Å². The number of carbonyl (C=O) groups is 2. The molecule has 6 heteroatoms. The van der Waals surface area contributed by atoms with Crippen LogP contribution in [-0.2, 0) is 6.42 Å². The third-order valence-corrected chi connectivity index (χ3v) is 2.85. The Morgan fingerprint density at radius 2 is 1.86 bits per heavy atom. The van der Waals surface area contributed by atoms with Gasteiger partial charge in [-0.1, -0.05) is 18.2 Å². The van der Waals surface area contributed by atoms with Crippen molar-refractivity contribution >= 4 is 11.9 Å². The summed E-state index contributed by atoms with van der Waals surface area (Å²) in [5.41, 5.74) is 1.13. The van der Waals surface area contributed by atoms with E-state index in [0.29, 0.717) is 13.0 Å². The van der Waals surface area contributed by atoms with E-state index in [9.17, 15) is 14.0 Å². The van der Waals surface area contributed by atoms with Gasteiger partial charge in [0, 0.05) is 6.54 Å². The number of hydrogen-bond donors (Lipinski definition) is 2. The first-order valence-corrected chi connectivity index (χ1v) is 6.29. The van der Waals surface area contributed by atoms with E-state index in [-0.39, 0.29) is 11.3 Å². The monoisotopic (exact) mass is 288 g/mol. The molecule has 1 aromatic carbocycles. The molecule has 0 fully saturated rings. The number of hydrogen-bond acceptors (Lipinski definition) is 3. The van der Waals surface area contributed by atoms with E-state index in [1.54, 1.807) is 12.1 Å². The molecule has 0 aliphatic carbocycles. The standard InChI is InChI=1S/C15H13FN2O3/c16-13-3-1-2-12(18-13)14(19)17-9-8-10-4-6-11(7-5-10)15(20)21/h1-7H,8-9H2,(H,17,19)(H,20,21).